The van der Waals surface area contributed by atoms with Crippen LogP contribution in [0.25, 0.3) is 0 Å². The van der Waals surface area contributed by atoms with Gasteiger partial charge in [-0.2, -0.15) is 0 Å². The first-order valence-corrected chi connectivity index (χ1v) is 5.47. The fourth-order valence-electron chi connectivity index (χ4n) is 1.28. The maximum atomic E-state index is 11.4. The van der Waals surface area contributed by atoms with Gasteiger partial charge in [0.2, 0.25) is 5.91 Å². The van der Waals surface area contributed by atoms with E-state index in [1.54, 1.807) is 12.1 Å². The summed E-state index contributed by atoms with van der Waals surface area (Å²) in [4.78, 5) is 22.0. The summed E-state index contributed by atoms with van der Waals surface area (Å²) in [6, 6.07) is 6.05. The summed E-state index contributed by atoms with van der Waals surface area (Å²) in [7, 11) is 0. The number of rotatable bonds is 6. The van der Waals surface area contributed by atoms with Crippen LogP contribution in [0.5, 0.6) is 0 Å². The maximum absolute atomic E-state index is 11.4. The van der Waals surface area contributed by atoms with E-state index in [-0.39, 0.29) is 18.0 Å². The topological polar surface area (TPSA) is 78.4 Å². The Morgan fingerprint density at radius 3 is 2.41 bits per heavy atom. The molecule has 0 saturated heterocycles. The van der Waals surface area contributed by atoms with E-state index in [1.807, 2.05) is 6.92 Å². The first kappa shape index (κ1) is 13.2. The predicted molar refractivity (Wildman–Crippen MR) is 65.2 cm³/mol. The van der Waals surface area contributed by atoms with E-state index < -0.39 is 5.97 Å². The summed E-state index contributed by atoms with van der Waals surface area (Å²) in [6.45, 7) is 3.08. The van der Waals surface area contributed by atoms with Crippen LogP contribution in [0.15, 0.2) is 24.3 Å². The number of carboxylic acid groups (broad SMARTS) is 1. The number of benzene rings is 1. The molecule has 1 rings (SSSR count). The van der Waals surface area contributed by atoms with Crippen molar-refractivity contribution in [2.45, 2.75) is 13.3 Å². The van der Waals surface area contributed by atoms with E-state index in [0.29, 0.717) is 5.69 Å². The number of hydrogen-bond donors (Lipinski definition) is 3. The molecular weight excluding hydrogens is 220 g/mol. The van der Waals surface area contributed by atoms with Crippen LogP contribution in [0, 0.1) is 0 Å². The first-order valence-electron chi connectivity index (χ1n) is 5.47. The van der Waals surface area contributed by atoms with E-state index >= 15 is 0 Å². The highest BCUT2D eigenvalue weighted by Crippen LogP contribution is 2.09. The highest BCUT2D eigenvalue weighted by Gasteiger charge is 2.04. The molecule has 0 atom stereocenters. The van der Waals surface area contributed by atoms with Crippen molar-refractivity contribution in [2.75, 3.05) is 18.4 Å². The average molecular weight is 236 g/mol. The molecule has 92 valence electrons. The molecule has 0 aliphatic carbocycles. The second-order valence-electron chi connectivity index (χ2n) is 3.61. The molecule has 0 aliphatic rings. The molecule has 0 aromatic heterocycles. The first-order chi connectivity index (χ1) is 8.13. The van der Waals surface area contributed by atoms with Crippen molar-refractivity contribution in [2.24, 2.45) is 0 Å². The fraction of sp³-hybridized carbons (Fsp3) is 0.333. The van der Waals surface area contributed by atoms with Gasteiger partial charge >= 0.3 is 5.97 Å². The van der Waals surface area contributed by atoms with E-state index in [1.165, 1.54) is 12.1 Å². The molecular formula is C12H16N2O3. The molecule has 1 aromatic carbocycles. The zero-order chi connectivity index (χ0) is 12.7. The Kier molecular flexibility index (Phi) is 5.16. The Morgan fingerprint density at radius 2 is 1.88 bits per heavy atom. The number of nitrogens with one attached hydrogen (secondary N) is 2. The van der Waals surface area contributed by atoms with Crippen molar-refractivity contribution in [3.8, 4) is 0 Å². The summed E-state index contributed by atoms with van der Waals surface area (Å²) in [5, 5.41) is 14.4. The van der Waals surface area contributed by atoms with Gasteiger partial charge < -0.3 is 15.7 Å². The Morgan fingerprint density at radius 1 is 1.24 bits per heavy atom. The van der Waals surface area contributed by atoms with Gasteiger partial charge in [0.1, 0.15) is 0 Å². The van der Waals surface area contributed by atoms with Crippen molar-refractivity contribution in [3.05, 3.63) is 29.8 Å². The van der Waals surface area contributed by atoms with Crippen molar-refractivity contribution in [1.82, 2.24) is 5.32 Å². The zero-order valence-electron chi connectivity index (χ0n) is 9.69. The third-order valence-electron chi connectivity index (χ3n) is 2.13. The van der Waals surface area contributed by atoms with Crippen LogP contribution in [-0.2, 0) is 4.79 Å². The summed E-state index contributed by atoms with van der Waals surface area (Å²) in [6.07, 6.45) is 0.973. The number of aromatic carboxylic acids is 1. The normalized spacial score (nSPS) is 9.94. The molecule has 1 aromatic rings. The molecule has 0 fully saturated rings. The highest BCUT2D eigenvalue weighted by atomic mass is 16.4. The van der Waals surface area contributed by atoms with Crippen LogP contribution in [0.3, 0.4) is 0 Å². The number of amides is 1. The molecule has 0 saturated carbocycles. The van der Waals surface area contributed by atoms with Crippen molar-refractivity contribution in [3.63, 3.8) is 0 Å². The Labute approximate surface area is 99.8 Å². The summed E-state index contributed by atoms with van der Waals surface area (Å²) < 4.78 is 0. The SMILES string of the molecule is CCCNCC(=O)Nc1ccc(C(=O)O)cc1. The maximum Gasteiger partial charge on any atom is 0.335 e. The van der Waals surface area contributed by atoms with Crippen LogP contribution >= 0.6 is 0 Å². The number of hydrogen-bond acceptors (Lipinski definition) is 3. The third-order valence-corrected chi connectivity index (χ3v) is 2.13. The summed E-state index contributed by atoms with van der Waals surface area (Å²) in [5.74, 6) is -1.12. The van der Waals surface area contributed by atoms with Crippen LogP contribution in [-0.4, -0.2) is 30.1 Å². The highest BCUT2D eigenvalue weighted by molar-refractivity contribution is 5.93. The molecule has 0 unspecified atom stereocenters. The van der Waals surface area contributed by atoms with Crippen molar-refractivity contribution < 1.29 is 14.7 Å². The molecule has 17 heavy (non-hydrogen) atoms. The average Bonchev–Trinajstić information content (AvgIpc) is 2.30. The molecule has 0 bridgehead atoms. The van der Waals surface area contributed by atoms with Crippen LogP contribution in [0.1, 0.15) is 23.7 Å². The van der Waals surface area contributed by atoms with Gasteiger partial charge in [-0.25, -0.2) is 4.79 Å². The second kappa shape index (κ2) is 6.65. The minimum Gasteiger partial charge on any atom is -0.478 e. The van der Waals surface area contributed by atoms with Crippen LogP contribution < -0.4 is 10.6 Å². The lowest BCUT2D eigenvalue weighted by molar-refractivity contribution is -0.115. The number of carboxylic acids is 1. The van der Waals surface area contributed by atoms with E-state index in [0.717, 1.165) is 13.0 Å². The van der Waals surface area contributed by atoms with Gasteiger partial charge in [-0.05, 0) is 37.2 Å². The molecule has 0 aliphatic heterocycles. The van der Waals surface area contributed by atoms with E-state index in [2.05, 4.69) is 10.6 Å². The fourth-order valence-corrected chi connectivity index (χ4v) is 1.28. The number of anilines is 1. The van der Waals surface area contributed by atoms with E-state index in [9.17, 15) is 9.59 Å². The zero-order valence-corrected chi connectivity index (χ0v) is 9.69. The van der Waals surface area contributed by atoms with Gasteiger partial charge in [0.15, 0.2) is 0 Å². The smallest absolute Gasteiger partial charge is 0.335 e. The molecule has 0 radical (unpaired) electrons. The van der Waals surface area contributed by atoms with Crippen molar-refractivity contribution >= 4 is 17.6 Å². The van der Waals surface area contributed by atoms with Crippen molar-refractivity contribution in [1.29, 1.82) is 0 Å². The minimum absolute atomic E-state index is 0.137. The Hall–Kier alpha value is -1.88. The van der Waals surface area contributed by atoms with Crippen LogP contribution in [0.4, 0.5) is 5.69 Å². The third kappa shape index (κ3) is 4.65. The van der Waals surface area contributed by atoms with Crippen LogP contribution in [0.2, 0.25) is 0 Å². The Bertz CT molecular complexity index is 387. The van der Waals surface area contributed by atoms with Gasteiger partial charge in [-0.3, -0.25) is 4.79 Å². The standard InChI is InChI=1S/C12H16N2O3/c1-2-7-13-8-11(15)14-10-5-3-9(4-6-10)12(16)17/h3-6,13H,2,7-8H2,1H3,(H,14,15)(H,16,17). The summed E-state index contributed by atoms with van der Waals surface area (Å²) in [5.41, 5.74) is 0.797. The number of carbonyl (C=O) groups is 2. The number of carbonyl (C=O) groups excluding carboxylic acids is 1. The molecule has 1 amide bonds. The van der Waals surface area contributed by atoms with Gasteiger partial charge in [0.25, 0.3) is 0 Å². The summed E-state index contributed by atoms with van der Waals surface area (Å²) >= 11 is 0. The lowest BCUT2D eigenvalue weighted by atomic mass is 10.2. The molecule has 3 N–H and O–H groups in total. The monoisotopic (exact) mass is 236 g/mol. The second-order valence-corrected chi connectivity index (χ2v) is 3.61. The van der Waals surface area contributed by atoms with Gasteiger partial charge in [-0.15, -0.1) is 0 Å². The lowest BCUT2D eigenvalue weighted by Gasteiger charge is -2.06. The largest absolute Gasteiger partial charge is 0.478 e. The van der Waals surface area contributed by atoms with Gasteiger partial charge in [-0.1, -0.05) is 6.92 Å². The van der Waals surface area contributed by atoms with Gasteiger partial charge in [0.05, 0.1) is 12.1 Å². The molecule has 0 spiro atoms. The molecule has 0 heterocycles. The lowest BCUT2D eigenvalue weighted by Crippen LogP contribution is -2.28. The Balaban J connectivity index is 2.46. The molecule has 5 nitrogen and oxygen atoms in total. The predicted octanol–water partition coefficient (Wildman–Crippen LogP) is 1.32. The molecule has 5 heteroatoms. The quantitative estimate of drug-likeness (QED) is 0.651. The van der Waals surface area contributed by atoms with E-state index in [4.69, 9.17) is 5.11 Å². The van der Waals surface area contributed by atoms with Gasteiger partial charge in [0, 0.05) is 5.69 Å². The minimum atomic E-state index is -0.979.